The van der Waals surface area contributed by atoms with E-state index in [0.29, 0.717) is 12.3 Å². The second kappa shape index (κ2) is 6.89. The van der Waals surface area contributed by atoms with Gasteiger partial charge >= 0.3 is 5.97 Å². The van der Waals surface area contributed by atoms with Crippen LogP contribution in [0.4, 0.5) is 10.1 Å². The van der Waals surface area contributed by atoms with Gasteiger partial charge in [-0.25, -0.2) is 9.18 Å². The number of hydrogen-bond donors (Lipinski definition) is 1. The highest BCUT2D eigenvalue weighted by molar-refractivity contribution is 5.96. The minimum Gasteiger partial charge on any atom is -0.465 e. The number of benzene rings is 1. The van der Waals surface area contributed by atoms with Crippen molar-refractivity contribution in [2.75, 3.05) is 26.1 Å². The average molecular weight is 267 g/mol. The van der Waals surface area contributed by atoms with Crippen LogP contribution in [-0.4, -0.2) is 32.8 Å². The Kier molecular flexibility index (Phi) is 5.51. The SMILES string of the molecule is C=Cc1cc(C(=O)OC)c(NC(C)COC)cc1F. The molecule has 0 aliphatic heterocycles. The molecule has 5 heteroatoms. The highest BCUT2D eigenvalue weighted by Crippen LogP contribution is 2.23. The number of halogens is 1. The Morgan fingerprint density at radius 2 is 2.21 bits per heavy atom. The van der Waals surface area contributed by atoms with Crippen molar-refractivity contribution in [3.63, 3.8) is 0 Å². The number of nitrogens with one attached hydrogen (secondary N) is 1. The Labute approximate surface area is 112 Å². The van der Waals surface area contributed by atoms with E-state index in [2.05, 4.69) is 11.9 Å². The van der Waals surface area contributed by atoms with Crippen LogP contribution in [0.5, 0.6) is 0 Å². The smallest absolute Gasteiger partial charge is 0.339 e. The quantitative estimate of drug-likeness (QED) is 0.805. The third kappa shape index (κ3) is 3.79. The number of hydrogen-bond acceptors (Lipinski definition) is 4. The van der Waals surface area contributed by atoms with Crippen LogP contribution in [0.15, 0.2) is 18.7 Å². The van der Waals surface area contributed by atoms with Crippen molar-refractivity contribution in [2.45, 2.75) is 13.0 Å². The first-order chi connectivity index (χ1) is 9.03. The van der Waals surface area contributed by atoms with Gasteiger partial charge in [-0.2, -0.15) is 0 Å². The second-order valence-electron chi connectivity index (χ2n) is 4.12. The lowest BCUT2D eigenvalue weighted by molar-refractivity contribution is 0.0601. The van der Waals surface area contributed by atoms with Gasteiger partial charge in [0.05, 0.1) is 25.0 Å². The van der Waals surface area contributed by atoms with Gasteiger partial charge in [0.1, 0.15) is 5.82 Å². The summed E-state index contributed by atoms with van der Waals surface area (Å²) in [4.78, 5) is 11.7. The standard InChI is InChI=1S/C14H18FNO3/c1-5-10-6-11(14(17)19-4)13(7-12(10)15)16-9(2)8-18-3/h5-7,9,16H,1,8H2,2-4H3. The molecule has 0 saturated heterocycles. The van der Waals surface area contributed by atoms with Gasteiger partial charge in [-0.3, -0.25) is 0 Å². The molecular formula is C14H18FNO3. The first-order valence-electron chi connectivity index (χ1n) is 5.83. The van der Waals surface area contributed by atoms with Crippen LogP contribution in [-0.2, 0) is 9.47 Å². The van der Waals surface area contributed by atoms with E-state index in [4.69, 9.17) is 9.47 Å². The van der Waals surface area contributed by atoms with Gasteiger partial charge in [-0.05, 0) is 19.1 Å². The van der Waals surface area contributed by atoms with E-state index >= 15 is 0 Å². The van der Waals surface area contributed by atoms with E-state index in [9.17, 15) is 9.18 Å². The summed E-state index contributed by atoms with van der Waals surface area (Å²) in [5.74, 6) is -0.981. The van der Waals surface area contributed by atoms with Crippen LogP contribution >= 0.6 is 0 Å². The molecule has 0 bridgehead atoms. The molecule has 0 amide bonds. The predicted molar refractivity (Wildman–Crippen MR) is 72.8 cm³/mol. The largest absolute Gasteiger partial charge is 0.465 e. The second-order valence-corrected chi connectivity index (χ2v) is 4.12. The molecule has 104 valence electrons. The zero-order chi connectivity index (χ0) is 14.4. The lowest BCUT2D eigenvalue weighted by Crippen LogP contribution is -2.22. The monoisotopic (exact) mass is 267 g/mol. The third-order valence-corrected chi connectivity index (χ3v) is 2.58. The molecule has 0 aliphatic rings. The van der Waals surface area contributed by atoms with E-state index in [1.807, 2.05) is 6.92 Å². The van der Waals surface area contributed by atoms with Crippen molar-refractivity contribution >= 4 is 17.7 Å². The molecule has 0 radical (unpaired) electrons. The Morgan fingerprint density at radius 1 is 1.53 bits per heavy atom. The summed E-state index contributed by atoms with van der Waals surface area (Å²) >= 11 is 0. The number of carbonyl (C=O) groups excluding carboxylic acids is 1. The fourth-order valence-electron chi connectivity index (χ4n) is 1.70. The first-order valence-corrected chi connectivity index (χ1v) is 5.83. The topological polar surface area (TPSA) is 47.6 Å². The molecule has 0 saturated carbocycles. The highest BCUT2D eigenvalue weighted by atomic mass is 19.1. The van der Waals surface area contributed by atoms with Crippen LogP contribution in [0.2, 0.25) is 0 Å². The summed E-state index contributed by atoms with van der Waals surface area (Å²) in [6.07, 6.45) is 1.35. The van der Waals surface area contributed by atoms with Crippen molar-refractivity contribution in [2.24, 2.45) is 0 Å². The fraction of sp³-hybridized carbons (Fsp3) is 0.357. The summed E-state index contributed by atoms with van der Waals surface area (Å²) in [6.45, 7) is 5.81. The van der Waals surface area contributed by atoms with Crippen molar-refractivity contribution in [1.82, 2.24) is 0 Å². The number of esters is 1. The molecule has 0 aromatic heterocycles. The Bertz CT molecular complexity index is 474. The average Bonchev–Trinajstić information content (AvgIpc) is 2.38. The van der Waals surface area contributed by atoms with E-state index in [-0.39, 0.29) is 17.2 Å². The molecule has 0 aliphatic carbocycles. The lowest BCUT2D eigenvalue weighted by Gasteiger charge is -2.17. The number of ether oxygens (including phenoxy) is 2. The highest BCUT2D eigenvalue weighted by Gasteiger charge is 2.16. The van der Waals surface area contributed by atoms with Crippen molar-refractivity contribution in [3.8, 4) is 0 Å². The molecule has 0 spiro atoms. The zero-order valence-electron chi connectivity index (χ0n) is 11.3. The molecule has 1 unspecified atom stereocenters. The number of carbonyl (C=O) groups is 1. The minimum absolute atomic E-state index is 0.0672. The lowest BCUT2D eigenvalue weighted by atomic mass is 10.1. The Morgan fingerprint density at radius 3 is 2.74 bits per heavy atom. The van der Waals surface area contributed by atoms with Crippen LogP contribution in [0.1, 0.15) is 22.8 Å². The summed E-state index contributed by atoms with van der Waals surface area (Å²) in [5, 5.41) is 3.02. The number of rotatable bonds is 6. The molecule has 1 rings (SSSR count). The van der Waals surface area contributed by atoms with Gasteiger partial charge < -0.3 is 14.8 Å². The molecule has 1 N–H and O–H groups in total. The zero-order valence-corrected chi connectivity index (χ0v) is 11.3. The molecule has 1 aromatic carbocycles. The molecule has 0 fully saturated rings. The molecule has 4 nitrogen and oxygen atoms in total. The van der Waals surface area contributed by atoms with E-state index in [1.54, 1.807) is 7.11 Å². The van der Waals surface area contributed by atoms with Gasteiger partial charge in [0.25, 0.3) is 0 Å². The number of methoxy groups -OCH3 is 2. The maximum Gasteiger partial charge on any atom is 0.339 e. The Hall–Kier alpha value is -1.88. The molecule has 1 atom stereocenters. The third-order valence-electron chi connectivity index (χ3n) is 2.58. The van der Waals surface area contributed by atoms with Gasteiger partial charge in [-0.15, -0.1) is 0 Å². The van der Waals surface area contributed by atoms with Crippen molar-refractivity contribution in [1.29, 1.82) is 0 Å². The van der Waals surface area contributed by atoms with Crippen LogP contribution in [0.3, 0.4) is 0 Å². The van der Waals surface area contributed by atoms with Crippen LogP contribution in [0, 0.1) is 5.82 Å². The predicted octanol–water partition coefficient (Wildman–Crippen LogP) is 2.70. The van der Waals surface area contributed by atoms with E-state index < -0.39 is 11.8 Å². The van der Waals surface area contributed by atoms with Crippen LogP contribution < -0.4 is 5.32 Å². The normalized spacial score (nSPS) is 11.8. The maximum atomic E-state index is 13.7. The maximum absolute atomic E-state index is 13.7. The number of anilines is 1. The van der Waals surface area contributed by atoms with Crippen molar-refractivity contribution < 1.29 is 18.7 Å². The summed E-state index contributed by atoms with van der Waals surface area (Å²) in [6, 6.07) is 2.60. The first kappa shape index (κ1) is 15.2. The van der Waals surface area contributed by atoms with E-state index in [1.165, 1.54) is 25.3 Å². The van der Waals surface area contributed by atoms with Gasteiger partial charge in [-0.1, -0.05) is 12.7 Å². The molecule has 0 heterocycles. The van der Waals surface area contributed by atoms with E-state index in [0.717, 1.165) is 0 Å². The van der Waals surface area contributed by atoms with Gasteiger partial charge in [0.15, 0.2) is 0 Å². The van der Waals surface area contributed by atoms with Gasteiger partial charge in [0, 0.05) is 18.7 Å². The summed E-state index contributed by atoms with van der Waals surface area (Å²) in [7, 11) is 2.85. The summed E-state index contributed by atoms with van der Waals surface area (Å²) in [5.41, 5.74) is 0.895. The summed E-state index contributed by atoms with van der Waals surface area (Å²) < 4.78 is 23.4. The minimum atomic E-state index is -0.532. The van der Waals surface area contributed by atoms with Crippen LogP contribution in [0.25, 0.3) is 6.08 Å². The molecular weight excluding hydrogens is 249 g/mol. The molecule has 1 aromatic rings. The van der Waals surface area contributed by atoms with Crippen molar-refractivity contribution in [3.05, 3.63) is 35.7 Å². The fourth-order valence-corrected chi connectivity index (χ4v) is 1.70. The Balaban J connectivity index is 3.16. The molecule has 19 heavy (non-hydrogen) atoms. The van der Waals surface area contributed by atoms with Gasteiger partial charge in [0.2, 0.25) is 0 Å².